The third kappa shape index (κ3) is 3.47. The van der Waals surface area contributed by atoms with E-state index in [1.165, 1.54) is 0 Å². The van der Waals surface area contributed by atoms with Crippen LogP contribution < -0.4 is 0 Å². The summed E-state index contributed by atoms with van der Waals surface area (Å²) in [7, 11) is 0. The van der Waals surface area contributed by atoms with E-state index in [0.717, 1.165) is 35.1 Å². The Hall–Kier alpha value is -2.51. The average Bonchev–Trinajstić information content (AvgIpc) is 3.12. The highest BCUT2D eigenvalue weighted by Gasteiger charge is 2.28. The van der Waals surface area contributed by atoms with Crippen LogP contribution in [-0.2, 0) is 0 Å². The van der Waals surface area contributed by atoms with Gasteiger partial charge in [-0.25, -0.2) is 9.50 Å². The van der Waals surface area contributed by atoms with Crippen LogP contribution in [0.4, 0.5) is 0 Å². The predicted octanol–water partition coefficient (Wildman–Crippen LogP) is 2.91. The second-order valence-electron chi connectivity index (χ2n) is 7.21. The maximum absolute atomic E-state index is 12.9. The van der Waals surface area contributed by atoms with E-state index in [1.807, 2.05) is 43.0 Å². The van der Waals surface area contributed by atoms with Crippen LogP contribution in [0.1, 0.15) is 40.5 Å². The number of hydrogen-bond donors (Lipinski definition) is 0. The number of piperazine rings is 1. The van der Waals surface area contributed by atoms with Crippen molar-refractivity contribution in [3.63, 3.8) is 0 Å². The zero-order valence-corrected chi connectivity index (χ0v) is 17.0. The van der Waals surface area contributed by atoms with Gasteiger partial charge in [-0.15, -0.1) is 5.10 Å². The van der Waals surface area contributed by atoms with E-state index in [1.54, 1.807) is 4.52 Å². The van der Waals surface area contributed by atoms with Gasteiger partial charge in [-0.05, 0) is 38.5 Å². The minimum Gasteiger partial charge on any atom is -0.333 e. The number of carbonyl (C=O) groups excluding carboxylic acids is 1. The van der Waals surface area contributed by atoms with Gasteiger partial charge in [-0.1, -0.05) is 29.8 Å². The summed E-state index contributed by atoms with van der Waals surface area (Å²) in [4.78, 5) is 25.7. The number of amides is 1. The normalized spacial score (nSPS) is 16.5. The first-order valence-corrected chi connectivity index (χ1v) is 9.80. The Labute approximate surface area is 168 Å². The molecule has 0 N–H and O–H groups in total. The third-order valence-corrected chi connectivity index (χ3v) is 5.66. The molecule has 28 heavy (non-hydrogen) atoms. The van der Waals surface area contributed by atoms with Crippen LogP contribution in [0.25, 0.3) is 5.78 Å². The maximum atomic E-state index is 12.9. The Morgan fingerprint density at radius 2 is 1.82 bits per heavy atom. The Morgan fingerprint density at radius 1 is 1.11 bits per heavy atom. The molecule has 0 aliphatic carbocycles. The first kappa shape index (κ1) is 18.8. The summed E-state index contributed by atoms with van der Waals surface area (Å²) >= 11 is 6.34. The van der Waals surface area contributed by atoms with Gasteiger partial charge in [-0.3, -0.25) is 9.69 Å². The molecule has 0 bridgehead atoms. The number of halogens is 1. The number of nitrogens with zero attached hydrogens (tertiary/aromatic N) is 6. The average molecular weight is 399 g/mol. The predicted molar refractivity (Wildman–Crippen MR) is 108 cm³/mol. The SMILES string of the molecule is Cc1cc(C)n2nc(C(=O)N3CCN(C(C)c4ccccc4Cl)CC3)nc2n1. The fourth-order valence-electron chi connectivity index (χ4n) is 3.72. The molecule has 1 aliphatic rings. The molecule has 4 rings (SSSR count). The third-order valence-electron chi connectivity index (χ3n) is 5.31. The molecule has 1 saturated heterocycles. The van der Waals surface area contributed by atoms with E-state index in [0.29, 0.717) is 18.9 Å². The summed E-state index contributed by atoms with van der Waals surface area (Å²) in [6, 6.07) is 10.0. The molecule has 3 aromatic rings. The molecular weight excluding hydrogens is 376 g/mol. The van der Waals surface area contributed by atoms with Crippen LogP contribution in [0.3, 0.4) is 0 Å². The van der Waals surface area contributed by atoms with Gasteiger partial charge >= 0.3 is 0 Å². The zero-order valence-electron chi connectivity index (χ0n) is 16.3. The molecule has 1 fully saturated rings. The summed E-state index contributed by atoms with van der Waals surface area (Å²) in [5.41, 5.74) is 2.88. The van der Waals surface area contributed by atoms with Gasteiger partial charge < -0.3 is 4.90 Å². The van der Waals surface area contributed by atoms with Gasteiger partial charge in [0.15, 0.2) is 0 Å². The zero-order chi connectivity index (χ0) is 19.8. The van der Waals surface area contributed by atoms with Crippen molar-refractivity contribution in [3.8, 4) is 0 Å². The number of fused-ring (bicyclic) bond motifs is 1. The molecule has 146 valence electrons. The maximum Gasteiger partial charge on any atom is 0.293 e. The first-order chi connectivity index (χ1) is 13.4. The van der Waals surface area contributed by atoms with Crippen LogP contribution >= 0.6 is 11.6 Å². The lowest BCUT2D eigenvalue weighted by Gasteiger charge is -2.38. The second kappa shape index (κ2) is 7.48. The van der Waals surface area contributed by atoms with Crippen molar-refractivity contribution in [2.24, 2.45) is 0 Å². The molecule has 1 unspecified atom stereocenters. The molecule has 1 amide bonds. The van der Waals surface area contributed by atoms with E-state index in [2.05, 4.69) is 33.0 Å². The fraction of sp³-hybridized carbons (Fsp3) is 0.400. The van der Waals surface area contributed by atoms with E-state index in [9.17, 15) is 4.79 Å². The standard InChI is InChI=1S/C20H23ClN6O/c1-13-12-14(2)27-20(22-13)23-18(24-27)19(28)26-10-8-25(9-11-26)15(3)16-6-4-5-7-17(16)21/h4-7,12,15H,8-11H2,1-3H3. The molecule has 0 radical (unpaired) electrons. The lowest BCUT2D eigenvalue weighted by atomic mass is 10.1. The number of benzene rings is 1. The van der Waals surface area contributed by atoms with Crippen LogP contribution in [0.2, 0.25) is 5.02 Å². The molecule has 0 saturated carbocycles. The first-order valence-electron chi connectivity index (χ1n) is 9.43. The number of aryl methyl sites for hydroxylation is 2. The second-order valence-corrected chi connectivity index (χ2v) is 7.62. The van der Waals surface area contributed by atoms with Gasteiger partial charge in [0.2, 0.25) is 5.82 Å². The number of rotatable bonds is 3. The minimum atomic E-state index is -0.146. The van der Waals surface area contributed by atoms with Gasteiger partial charge in [0, 0.05) is 48.6 Å². The highest BCUT2D eigenvalue weighted by atomic mass is 35.5. The van der Waals surface area contributed by atoms with Crippen molar-refractivity contribution >= 4 is 23.3 Å². The van der Waals surface area contributed by atoms with Gasteiger partial charge in [0.1, 0.15) is 0 Å². The van der Waals surface area contributed by atoms with Crippen molar-refractivity contribution in [1.82, 2.24) is 29.4 Å². The Morgan fingerprint density at radius 3 is 2.54 bits per heavy atom. The molecule has 0 spiro atoms. The molecular formula is C20H23ClN6O. The summed E-state index contributed by atoms with van der Waals surface area (Å²) < 4.78 is 1.62. The molecule has 3 heterocycles. The molecule has 2 aromatic heterocycles. The Bertz CT molecular complexity index is 1020. The van der Waals surface area contributed by atoms with E-state index in [4.69, 9.17) is 11.6 Å². The number of hydrogen-bond acceptors (Lipinski definition) is 5. The summed E-state index contributed by atoms with van der Waals surface area (Å²) in [6.45, 7) is 8.81. The quantitative estimate of drug-likeness (QED) is 0.678. The van der Waals surface area contributed by atoms with E-state index in [-0.39, 0.29) is 17.8 Å². The van der Waals surface area contributed by atoms with Crippen molar-refractivity contribution in [3.05, 3.63) is 58.1 Å². The molecule has 8 heteroatoms. The highest BCUT2D eigenvalue weighted by molar-refractivity contribution is 6.31. The minimum absolute atomic E-state index is 0.146. The van der Waals surface area contributed by atoms with Crippen molar-refractivity contribution in [1.29, 1.82) is 0 Å². The largest absolute Gasteiger partial charge is 0.333 e. The van der Waals surface area contributed by atoms with Crippen molar-refractivity contribution in [2.75, 3.05) is 26.2 Å². The van der Waals surface area contributed by atoms with E-state index < -0.39 is 0 Å². The monoisotopic (exact) mass is 398 g/mol. The van der Waals surface area contributed by atoms with Gasteiger partial charge in [0.25, 0.3) is 11.7 Å². The molecule has 7 nitrogen and oxygen atoms in total. The molecule has 1 atom stereocenters. The summed E-state index contributed by atoms with van der Waals surface area (Å²) in [5, 5.41) is 5.14. The van der Waals surface area contributed by atoms with Gasteiger partial charge in [0.05, 0.1) is 0 Å². The lowest BCUT2D eigenvalue weighted by Crippen LogP contribution is -2.49. The Balaban J connectivity index is 1.46. The van der Waals surface area contributed by atoms with Crippen molar-refractivity contribution < 1.29 is 4.79 Å². The van der Waals surface area contributed by atoms with Gasteiger partial charge in [-0.2, -0.15) is 4.98 Å². The van der Waals surface area contributed by atoms with E-state index >= 15 is 0 Å². The Kier molecular flexibility index (Phi) is 5.03. The molecule has 1 aromatic carbocycles. The highest BCUT2D eigenvalue weighted by Crippen LogP contribution is 2.27. The lowest BCUT2D eigenvalue weighted by molar-refractivity contribution is 0.0571. The summed E-state index contributed by atoms with van der Waals surface area (Å²) in [5.74, 6) is 0.522. The number of aromatic nitrogens is 4. The van der Waals surface area contributed by atoms with Crippen LogP contribution in [0.15, 0.2) is 30.3 Å². The topological polar surface area (TPSA) is 66.6 Å². The molecule has 1 aliphatic heterocycles. The van der Waals surface area contributed by atoms with Crippen LogP contribution in [0.5, 0.6) is 0 Å². The number of carbonyl (C=O) groups is 1. The fourth-order valence-corrected chi connectivity index (χ4v) is 4.01. The smallest absolute Gasteiger partial charge is 0.293 e. The van der Waals surface area contributed by atoms with Crippen LogP contribution in [-0.4, -0.2) is 61.5 Å². The van der Waals surface area contributed by atoms with Crippen LogP contribution in [0, 0.1) is 13.8 Å². The van der Waals surface area contributed by atoms with Crippen molar-refractivity contribution in [2.45, 2.75) is 26.8 Å². The summed E-state index contributed by atoms with van der Waals surface area (Å²) in [6.07, 6.45) is 0.